The minimum Gasteiger partial charge on any atom is -0.423 e. The molecule has 15 heavy (non-hydrogen) atoms. The molecule has 0 spiro atoms. The summed E-state index contributed by atoms with van der Waals surface area (Å²) in [6.07, 6.45) is 2.48. The fourth-order valence-electron chi connectivity index (χ4n) is 0.961. The Kier molecular flexibility index (Phi) is 6.66. The van der Waals surface area contributed by atoms with Gasteiger partial charge in [-0.05, 0) is 19.9 Å². The zero-order valence-electron chi connectivity index (χ0n) is 9.32. The van der Waals surface area contributed by atoms with Crippen LogP contribution in [0.2, 0.25) is 0 Å². The fraction of sp³-hybridized carbons (Fsp3) is 0.545. The SMILES string of the molecule is C=CC(=O)OC(C=C)(COCC)OCC. The second-order valence-electron chi connectivity index (χ2n) is 2.71. The minimum absolute atomic E-state index is 0.125. The van der Waals surface area contributed by atoms with Crippen LogP contribution >= 0.6 is 0 Å². The topological polar surface area (TPSA) is 44.8 Å². The van der Waals surface area contributed by atoms with Gasteiger partial charge in [0.1, 0.15) is 6.61 Å². The van der Waals surface area contributed by atoms with E-state index in [1.165, 1.54) is 6.08 Å². The lowest BCUT2D eigenvalue weighted by Gasteiger charge is -2.28. The molecular formula is C11H18O4. The zero-order valence-corrected chi connectivity index (χ0v) is 9.32. The maximum atomic E-state index is 11.1. The first-order valence-electron chi connectivity index (χ1n) is 4.84. The van der Waals surface area contributed by atoms with Crippen molar-refractivity contribution in [1.29, 1.82) is 0 Å². The lowest BCUT2D eigenvalue weighted by molar-refractivity contribution is -0.221. The molecule has 4 nitrogen and oxygen atoms in total. The third kappa shape index (κ3) is 4.76. The molecule has 0 rings (SSSR count). The Bertz CT molecular complexity index is 225. The highest BCUT2D eigenvalue weighted by Gasteiger charge is 2.31. The number of hydrogen-bond acceptors (Lipinski definition) is 4. The summed E-state index contributed by atoms with van der Waals surface area (Å²) in [4.78, 5) is 11.1. The predicted octanol–water partition coefficient (Wildman–Crippen LogP) is 1.67. The van der Waals surface area contributed by atoms with Crippen molar-refractivity contribution in [2.24, 2.45) is 0 Å². The summed E-state index contributed by atoms with van der Waals surface area (Å²) in [6.45, 7) is 11.6. The van der Waals surface area contributed by atoms with Crippen LogP contribution in [0.15, 0.2) is 25.3 Å². The van der Waals surface area contributed by atoms with Crippen LogP contribution in [0.1, 0.15) is 13.8 Å². The lowest BCUT2D eigenvalue weighted by atomic mass is 10.3. The summed E-state index contributed by atoms with van der Waals surface area (Å²) in [5, 5.41) is 0. The van der Waals surface area contributed by atoms with E-state index in [0.29, 0.717) is 13.2 Å². The molecule has 1 unspecified atom stereocenters. The number of ether oxygens (including phenoxy) is 3. The van der Waals surface area contributed by atoms with Crippen molar-refractivity contribution in [1.82, 2.24) is 0 Å². The van der Waals surface area contributed by atoms with E-state index in [1.54, 1.807) is 6.92 Å². The summed E-state index contributed by atoms with van der Waals surface area (Å²) in [6, 6.07) is 0. The van der Waals surface area contributed by atoms with E-state index < -0.39 is 11.8 Å². The summed E-state index contributed by atoms with van der Waals surface area (Å²) >= 11 is 0. The highest BCUT2D eigenvalue weighted by Crippen LogP contribution is 2.16. The molecule has 0 aromatic carbocycles. The summed E-state index contributed by atoms with van der Waals surface area (Å²) < 4.78 is 15.6. The molecule has 1 atom stereocenters. The maximum absolute atomic E-state index is 11.1. The fourth-order valence-corrected chi connectivity index (χ4v) is 0.961. The molecule has 0 fully saturated rings. The van der Waals surface area contributed by atoms with E-state index in [1.807, 2.05) is 6.92 Å². The van der Waals surface area contributed by atoms with Gasteiger partial charge in [-0.2, -0.15) is 0 Å². The monoisotopic (exact) mass is 214 g/mol. The van der Waals surface area contributed by atoms with Gasteiger partial charge in [0.25, 0.3) is 5.79 Å². The van der Waals surface area contributed by atoms with Gasteiger partial charge in [-0.3, -0.25) is 0 Å². The van der Waals surface area contributed by atoms with Gasteiger partial charge >= 0.3 is 5.97 Å². The molecule has 0 radical (unpaired) electrons. The third-order valence-electron chi connectivity index (χ3n) is 1.65. The minimum atomic E-state index is -1.21. The van der Waals surface area contributed by atoms with Crippen LogP contribution < -0.4 is 0 Å². The molecule has 86 valence electrons. The second-order valence-corrected chi connectivity index (χ2v) is 2.71. The normalized spacial score (nSPS) is 14.0. The molecule has 0 saturated heterocycles. The first-order valence-corrected chi connectivity index (χ1v) is 4.84. The van der Waals surface area contributed by atoms with E-state index in [0.717, 1.165) is 6.08 Å². The van der Waals surface area contributed by atoms with Gasteiger partial charge in [-0.25, -0.2) is 4.79 Å². The first kappa shape index (κ1) is 13.9. The van der Waals surface area contributed by atoms with E-state index in [9.17, 15) is 4.79 Å². The molecule has 0 aromatic rings. The zero-order chi connectivity index (χ0) is 11.7. The molecule has 0 aliphatic heterocycles. The molecule has 0 saturated carbocycles. The predicted molar refractivity (Wildman–Crippen MR) is 57.3 cm³/mol. The van der Waals surface area contributed by atoms with Gasteiger partial charge < -0.3 is 14.2 Å². The summed E-state index contributed by atoms with van der Waals surface area (Å²) in [5.41, 5.74) is 0. The smallest absolute Gasteiger partial charge is 0.332 e. The Morgan fingerprint density at radius 3 is 2.40 bits per heavy atom. The van der Waals surface area contributed by atoms with Crippen LogP contribution in [-0.2, 0) is 19.0 Å². The van der Waals surface area contributed by atoms with Gasteiger partial charge in [0.05, 0.1) is 0 Å². The van der Waals surface area contributed by atoms with Gasteiger partial charge in [-0.1, -0.05) is 13.2 Å². The Morgan fingerprint density at radius 1 is 1.33 bits per heavy atom. The van der Waals surface area contributed by atoms with Crippen LogP contribution in [0.25, 0.3) is 0 Å². The Hall–Kier alpha value is -1.13. The average molecular weight is 214 g/mol. The quantitative estimate of drug-likeness (QED) is 0.267. The van der Waals surface area contributed by atoms with Crippen LogP contribution in [-0.4, -0.2) is 31.6 Å². The van der Waals surface area contributed by atoms with Crippen LogP contribution in [0, 0.1) is 0 Å². The van der Waals surface area contributed by atoms with E-state index in [-0.39, 0.29) is 6.61 Å². The molecule has 4 heteroatoms. The van der Waals surface area contributed by atoms with Crippen molar-refractivity contribution in [2.45, 2.75) is 19.6 Å². The third-order valence-corrected chi connectivity index (χ3v) is 1.65. The Labute approximate surface area is 90.5 Å². The van der Waals surface area contributed by atoms with Crippen molar-refractivity contribution in [2.75, 3.05) is 19.8 Å². The lowest BCUT2D eigenvalue weighted by Crippen LogP contribution is -2.40. The average Bonchev–Trinajstić information content (AvgIpc) is 2.26. The molecule has 0 aliphatic carbocycles. The van der Waals surface area contributed by atoms with Crippen molar-refractivity contribution in [3.63, 3.8) is 0 Å². The van der Waals surface area contributed by atoms with Crippen LogP contribution in [0.4, 0.5) is 0 Å². The number of carbonyl (C=O) groups is 1. The first-order chi connectivity index (χ1) is 7.14. The van der Waals surface area contributed by atoms with E-state index in [2.05, 4.69) is 13.2 Å². The number of hydrogen-bond donors (Lipinski definition) is 0. The highest BCUT2D eigenvalue weighted by atomic mass is 16.7. The summed E-state index contributed by atoms with van der Waals surface area (Å²) in [7, 11) is 0. The van der Waals surface area contributed by atoms with Crippen LogP contribution in [0.3, 0.4) is 0 Å². The Morgan fingerprint density at radius 2 is 2.00 bits per heavy atom. The summed E-state index contributed by atoms with van der Waals surface area (Å²) in [5.74, 6) is -1.78. The second kappa shape index (κ2) is 7.20. The van der Waals surface area contributed by atoms with Crippen molar-refractivity contribution >= 4 is 5.97 Å². The molecule has 0 aromatic heterocycles. The number of rotatable bonds is 8. The van der Waals surface area contributed by atoms with Gasteiger partial charge in [0.15, 0.2) is 0 Å². The van der Waals surface area contributed by atoms with Gasteiger partial charge in [0.2, 0.25) is 0 Å². The van der Waals surface area contributed by atoms with Crippen molar-refractivity contribution in [3.05, 3.63) is 25.3 Å². The number of esters is 1. The van der Waals surface area contributed by atoms with Gasteiger partial charge in [-0.15, -0.1) is 0 Å². The Balaban J connectivity index is 4.54. The van der Waals surface area contributed by atoms with E-state index in [4.69, 9.17) is 14.2 Å². The molecule has 0 amide bonds. The molecular weight excluding hydrogens is 196 g/mol. The molecule has 0 heterocycles. The highest BCUT2D eigenvalue weighted by molar-refractivity contribution is 5.81. The number of carbonyl (C=O) groups excluding carboxylic acids is 1. The van der Waals surface area contributed by atoms with Gasteiger partial charge in [0, 0.05) is 19.3 Å². The molecule has 0 bridgehead atoms. The maximum Gasteiger partial charge on any atom is 0.332 e. The van der Waals surface area contributed by atoms with E-state index >= 15 is 0 Å². The van der Waals surface area contributed by atoms with Crippen molar-refractivity contribution in [3.8, 4) is 0 Å². The molecule has 0 N–H and O–H groups in total. The standard InChI is InChI=1S/C11H18O4/c1-5-10(12)15-11(6-2,14-8-4)9-13-7-3/h5-6H,1-2,7-9H2,3-4H3. The largest absolute Gasteiger partial charge is 0.423 e. The molecule has 0 aliphatic rings. The van der Waals surface area contributed by atoms with Crippen LogP contribution in [0.5, 0.6) is 0 Å². The van der Waals surface area contributed by atoms with Crippen molar-refractivity contribution < 1.29 is 19.0 Å².